The maximum absolute atomic E-state index is 6.30. The largest absolute Gasteiger partial charge is 0.503 e. The van der Waals surface area contributed by atoms with Crippen LogP contribution >= 0.6 is 11.3 Å². The van der Waals surface area contributed by atoms with E-state index in [2.05, 4.69) is 77.3 Å². The zero-order valence-electron chi connectivity index (χ0n) is 21.7. The van der Waals surface area contributed by atoms with Crippen molar-refractivity contribution < 1.29 is 29.7 Å². The van der Waals surface area contributed by atoms with Gasteiger partial charge in [0.15, 0.2) is 5.65 Å². The van der Waals surface area contributed by atoms with Crippen LogP contribution in [0.25, 0.3) is 59.1 Å². The normalized spacial score (nSPS) is 11.3. The molecule has 0 aliphatic rings. The molecule has 0 fully saturated rings. The average Bonchev–Trinajstić information content (AvgIpc) is 3.55. The van der Waals surface area contributed by atoms with E-state index in [0.29, 0.717) is 11.5 Å². The predicted octanol–water partition coefficient (Wildman–Crippen LogP) is 8.53. The molecule has 0 N–H and O–H groups in total. The first kappa shape index (κ1) is 25.5. The molecule has 0 saturated heterocycles. The summed E-state index contributed by atoms with van der Waals surface area (Å²) in [5.41, 5.74) is 4.76. The number of hydrogen-bond donors (Lipinski definition) is 0. The monoisotopic (exact) mass is 637 g/mol. The minimum atomic E-state index is 0. The molecule has 200 valence electrons. The van der Waals surface area contributed by atoms with Crippen LogP contribution in [-0.4, -0.2) is 9.55 Å². The Hall–Kier alpha value is -4.47. The molecule has 41 heavy (non-hydrogen) atoms. The molecule has 6 heteroatoms. The molecule has 4 nitrogen and oxygen atoms in total. The van der Waals surface area contributed by atoms with Crippen LogP contribution in [-0.2, 0) is 20.4 Å². The summed E-state index contributed by atoms with van der Waals surface area (Å²) in [6.45, 7) is 0. The second kappa shape index (κ2) is 10.2. The van der Waals surface area contributed by atoms with Crippen LogP contribution in [0.2, 0.25) is 0 Å². The number of rotatable bonds is 4. The molecule has 0 radical (unpaired) electrons. The first-order valence-electron chi connectivity index (χ1n) is 13.0. The van der Waals surface area contributed by atoms with Gasteiger partial charge in [0.05, 0.1) is 4.70 Å². The first-order chi connectivity index (χ1) is 19.7. The molecule has 0 bridgehead atoms. The second-order valence-electron chi connectivity index (χ2n) is 9.63. The van der Waals surface area contributed by atoms with E-state index in [4.69, 9.17) is 4.74 Å². The summed E-state index contributed by atoms with van der Waals surface area (Å²) in [5, 5.41) is 4.85. The van der Waals surface area contributed by atoms with E-state index in [0.717, 1.165) is 33.5 Å². The molecule has 4 heterocycles. The molecule has 0 aliphatic carbocycles. The molecule has 0 saturated carbocycles. The second-order valence-corrected chi connectivity index (χ2v) is 10.7. The Bertz CT molecular complexity index is 2220. The smallest absolute Gasteiger partial charge is 0.190 e. The molecule has 4 aromatic carbocycles. The Kier molecular flexibility index (Phi) is 6.33. The fourth-order valence-corrected chi connectivity index (χ4v) is 6.72. The number of aromatic nitrogens is 3. The van der Waals surface area contributed by atoms with Crippen molar-refractivity contribution in [2.45, 2.75) is 0 Å². The number of hydrogen-bond acceptors (Lipinski definition) is 3. The SMILES string of the molecule is [CH2-][n+]1cccc2c3ccc4c5ccccc5sc4c3n(-c3[c-]c(Oc4[c-]c(-c5ccccn5)ccc4)ccc3)c21.[Pd]. The van der Waals surface area contributed by atoms with Crippen molar-refractivity contribution in [2.24, 2.45) is 0 Å². The zero-order valence-corrected chi connectivity index (χ0v) is 24.0. The topological polar surface area (TPSA) is 30.9 Å². The van der Waals surface area contributed by atoms with Crippen molar-refractivity contribution in [3.63, 3.8) is 0 Å². The molecular weight excluding hydrogens is 617 g/mol. The maximum Gasteiger partial charge on any atom is 0.190 e. The van der Waals surface area contributed by atoms with Gasteiger partial charge in [-0.1, -0.05) is 66.7 Å². The average molecular weight is 638 g/mol. The van der Waals surface area contributed by atoms with Gasteiger partial charge in [-0.05, 0) is 31.1 Å². The molecular formula is C35H21N3OPdS-2. The van der Waals surface area contributed by atoms with Crippen molar-refractivity contribution in [1.29, 1.82) is 0 Å². The summed E-state index contributed by atoms with van der Waals surface area (Å²) >= 11 is 1.82. The number of thiophene rings is 1. The van der Waals surface area contributed by atoms with Gasteiger partial charge in [-0.3, -0.25) is 4.57 Å². The molecule has 0 aliphatic heterocycles. The van der Waals surface area contributed by atoms with Crippen LogP contribution in [0.5, 0.6) is 11.5 Å². The van der Waals surface area contributed by atoms with Crippen molar-refractivity contribution in [1.82, 2.24) is 9.55 Å². The standard InChI is InChI=1S/C35H21N3OS.Pd/c1-37-20-8-14-30-28-17-18-29-27-13-2-3-16-32(27)40-34(29)33(28)38(35(30)37)24-10-7-12-26(22-24)39-25-11-6-9-23(21-25)31-15-4-5-19-36-31;/h2-20H,1H2;/q-2;. The van der Waals surface area contributed by atoms with Gasteiger partial charge in [0.1, 0.15) is 5.52 Å². The van der Waals surface area contributed by atoms with E-state index in [1.54, 1.807) is 6.20 Å². The van der Waals surface area contributed by atoms with Crippen LogP contribution in [0.4, 0.5) is 0 Å². The Labute approximate surface area is 254 Å². The zero-order chi connectivity index (χ0) is 26.6. The van der Waals surface area contributed by atoms with Crippen molar-refractivity contribution in [3.05, 3.63) is 135 Å². The van der Waals surface area contributed by atoms with Crippen LogP contribution < -0.4 is 9.30 Å². The first-order valence-corrected chi connectivity index (χ1v) is 13.8. The van der Waals surface area contributed by atoms with Gasteiger partial charge in [-0.25, -0.2) is 0 Å². The van der Waals surface area contributed by atoms with Gasteiger partial charge in [0.25, 0.3) is 0 Å². The Morgan fingerprint density at radius 3 is 2.39 bits per heavy atom. The van der Waals surface area contributed by atoms with Crippen LogP contribution in [0.3, 0.4) is 0 Å². The minimum absolute atomic E-state index is 0. The van der Waals surface area contributed by atoms with Gasteiger partial charge >= 0.3 is 0 Å². The summed E-state index contributed by atoms with van der Waals surface area (Å²) in [6.07, 6.45) is 3.76. The molecule has 4 aromatic heterocycles. The van der Waals surface area contributed by atoms with Gasteiger partial charge < -0.3 is 14.3 Å². The van der Waals surface area contributed by atoms with Gasteiger partial charge in [0, 0.05) is 70.1 Å². The summed E-state index contributed by atoms with van der Waals surface area (Å²) in [6, 6.07) is 41.8. The molecule has 0 unspecified atom stereocenters. The number of pyridine rings is 2. The van der Waals surface area contributed by atoms with E-state index in [9.17, 15) is 0 Å². The third-order valence-corrected chi connectivity index (χ3v) is 8.40. The van der Waals surface area contributed by atoms with Crippen LogP contribution in [0, 0.1) is 19.2 Å². The molecule has 0 amide bonds. The molecule has 0 atom stereocenters. The minimum Gasteiger partial charge on any atom is -0.503 e. The van der Waals surface area contributed by atoms with E-state index < -0.39 is 0 Å². The Morgan fingerprint density at radius 2 is 1.51 bits per heavy atom. The van der Waals surface area contributed by atoms with Crippen molar-refractivity contribution in [2.75, 3.05) is 0 Å². The van der Waals surface area contributed by atoms with Gasteiger partial charge in [-0.15, -0.1) is 47.2 Å². The van der Waals surface area contributed by atoms with E-state index in [-0.39, 0.29) is 20.4 Å². The quantitative estimate of drug-likeness (QED) is 0.110. The summed E-state index contributed by atoms with van der Waals surface area (Å²) in [5.74, 6) is 1.22. The summed E-state index contributed by atoms with van der Waals surface area (Å²) in [4.78, 5) is 4.45. The van der Waals surface area contributed by atoms with E-state index in [1.807, 2.05) is 76.7 Å². The molecule has 8 rings (SSSR count). The van der Waals surface area contributed by atoms with E-state index in [1.165, 1.54) is 25.6 Å². The Morgan fingerprint density at radius 1 is 0.732 bits per heavy atom. The third-order valence-electron chi connectivity index (χ3n) is 7.21. The van der Waals surface area contributed by atoms with Gasteiger partial charge in [0.2, 0.25) is 0 Å². The fraction of sp³-hybridized carbons (Fsp3) is 0. The van der Waals surface area contributed by atoms with Crippen LogP contribution in [0.1, 0.15) is 0 Å². The maximum atomic E-state index is 6.30. The fourth-order valence-electron chi connectivity index (χ4n) is 5.48. The number of nitrogens with zero attached hydrogens (tertiary/aromatic N) is 3. The molecule has 0 spiro atoms. The number of ether oxygens (including phenoxy) is 1. The predicted molar refractivity (Wildman–Crippen MR) is 162 cm³/mol. The van der Waals surface area contributed by atoms with Crippen LogP contribution in [0.15, 0.2) is 116 Å². The van der Waals surface area contributed by atoms with Gasteiger partial charge in [-0.2, -0.15) is 6.07 Å². The molecule has 8 aromatic rings. The number of fused-ring (bicyclic) bond motifs is 7. The summed E-state index contributed by atoms with van der Waals surface area (Å²) < 4.78 is 13.0. The van der Waals surface area contributed by atoms with Crippen molar-refractivity contribution in [3.8, 4) is 28.4 Å². The third kappa shape index (κ3) is 4.20. The van der Waals surface area contributed by atoms with Crippen molar-refractivity contribution >= 4 is 53.4 Å². The Balaban J connectivity index is 0.00000276. The van der Waals surface area contributed by atoms with E-state index >= 15 is 0 Å². The number of benzene rings is 4. The summed E-state index contributed by atoms with van der Waals surface area (Å²) in [7, 11) is 4.32.